The van der Waals surface area contributed by atoms with E-state index in [4.69, 9.17) is 5.73 Å². The summed E-state index contributed by atoms with van der Waals surface area (Å²) >= 11 is 0. The van der Waals surface area contributed by atoms with Gasteiger partial charge in [0, 0.05) is 13.1 Å². The highest BCUT2D eigenvalue weighted by Gasteiger charge is 2.24. The third-order valence-electron chi connectivity index (χ3n) is 3.02. The van der Waals surface area contributed by atoms with Crippen LogP contribution in [0.15, 0.2) is 4.63 Å². The van der Waals surface area contributed by atoms with Gasteiger partial charge in [0.05, 0.1) is 0 Å². The summed E-state index contributed by atoms with van der Waals surface area (Å²) in [5, 5.41) is 6.95. The quantitative estimate of drug-likeness (QED) is 0.766. The van der Waals surface area contributed by atoms with E-state index < -0.39 is 0 Å². The number of anilines is 1. The molecular weight excluding hydrogens is 208 g/mol. The zero-order chi connectivity index (χ0) is 11.5. The third kappa shape index (κ3) is 2.15. The van der Waals surface area contributed by atoms with Crippen molar-refractivity contribution in [3.8, 4) is 0 Å². The average molecular weight is 224 g/mol. The minimum absolute atomic E-state index is 0.0716. The molecule has 16 heavy (non-hydrogen) atoms. The van der Waals surface area contributed by atoms with Gasteiger partial charge in [-0.2, -0.15) is 0 Å². The molecule has 88 valence electrons. The number of nitrogens with two attached hydrogens (primary N) is 1. The summed E-state index contributed by atoms with van der Waals surface area (Å²) in [7, 11) is 0. The second-order valence-electron chi connectivity index (χ2n) is 4.33. The first kappa shape index (κ1) is 10.9. The van der Waals surface area contributed by atoms with E-state index in [-0.39, 0.29) is 17.4 Å². The van der Waals surface area contributed by atoms with Gasteiger partial charge in [-0.25, -0.2) is 4.63 Å². The van der Waals surface area contributed by atoms with Crippen molar-refractivity contribution in [2.75, 3.05) is 18.8 Å². The topological polar surface area (TPSA) is 85.2 Å². The maximum atomic E-state index is 12.0. The van der Waals surface area contributed by atoms with Crippen LogP contribution in [-0.4, -0.2) is 34.2 Å². The first-order valence-corrected chi connectivity index (χ1v) is 5.56. The fourth-order valence-electron chi connectivity index (χ4n) is 1.96. The summed E-state index contributed by atoms with van der Waals surface area (Å²) in [6.45, 7) is 3.72. The second kappa shape index (κ2) is 4.51. The molecule has 1 aliphatic rings. The second-order valence-corrected chi connectivity index (χ2v) is 4.33. The summed E-state index contributed by atoms with van der Waals surface area (Å²) in [5.41, 5.74) is 5.63. The molecule has 1 aromatic rings. The SMILES string of the molecule is CC1CCCN(C(=O)c2nonc2N)CC1. The number of rotatable bonds is 1. The Morgan fingerprint density at radius 2 is 2.25 bits per heavy atom. The van der Waals surface area contributed by atoms with Crippen LogP contribution in [0.4, 0.5) is 5.82 Å². The molecule has 1 atom stereocenters. The van der Waals surface area contributed by atoms with Crippen molar-refractivity contribution < 1.29 is 9.42 Å². The van der Waals surface area contributed by atoms with Crippen LogP contribution in [0.25, 0.3) is 0 Å². The molecule has 2 N–H and O–H groups in total. The van der Waals surface area contributed by atoms with Crippen LogP contribution >= 0.6 is 0 Å². The van der Waals surface area contributed by atoms with Crippen LogP contribution < -0.4 is 5.73 Å². The Morgan fingerprint density at radius 1 is 1.44 bits per heavy atom. The number of carbonyl (C=O) groups is 1. The van der Waals surface area contributed by atoms with E-state index in [2.05, 4.69) is 21.9 Å². The van der Waals surface area contributed by atoms with Crippen molar-refractivity contribution in [3.05, 3.63) is 5.69 Å². The van der Waals surface area contributed by atoms with E-state index in [9.17, 15) is 4.79 Å². The van der Waals surface area contributed by atoms with E-state index in [0.29, 0.717) is 5.92 Å². The highest BCUT2D eigenvalue weighted by Crippen LogP contribution is 2.18. The van der Waals surface area contributed by atoms with Gasteiger partial charge >= 0.3 is 0 Å². The molecule has 0 saturated carbocycles. The lowest BCUT2D eigenvalue weighted by atomic mass is 10.0. The van der Waals surface area contributed by atoms with Crippen LogP contribution in [0.3, 0.4) is 0 Å². The van der Waals surface area contributed by atoms with Gasteiger partial charge in [0.2, 0.25) is 11.5 Å². The summed E-state index contributed by atoms with van der Waals surface area (Å²) in [4.78, 5) is 13.8. The fraction of sp³-hybridized carbons (Fsp3) is 0.700. The highest BCUT2D eigenvalue weighted by atomic mass is 16.6. The normalized spacial score (nSPS) is 21.8. The standard InChI is InChI=1S/C10H16N4O2/c1-7-3-2-5-14(6-4-7)10(15)8-9(11)13-16-12-8/h7H,2-6H2,1H3,(H2,11,13). The van der Waals surface area contributed by atoms with Crippen molar-refractivity contribution in [2.24, 2.45) is 5.92 Å². The molecule has 1 amide bonds. The molecule has 0 radical (unpaired) electrons. The number of amides is 1. The molecular formula is C10H16N4O2. The van der Waals surface area contributed by atoms with Crippen LogP contribution in [0.1, 0.15) is 36.7 Å². The minimum atomic E-state index is -0.173. The van der Waals surface area contributed by atoms with Gasteiger partial charge in [0.15, 0.2) is 0 Å². The van der Waals surface area contributed by atoms with E-state index in [1.54, 1.807) is 4.90 Å². The number of nitrogen functional groups attached to an aromatic ring is 1. The van der Waals surface area contributed by atoms with E-state index in [1.165, 1.54) is 0 Å². The van der Waals surface area contributed by atoms with Crippen molar-refractivity contribution >= 4 is 11.7 Å². The molecule has 2 heterocycles. The summed E-state index contributed by atoms with van der Waals surface area (Å²) < 4.78 is 4.44. The lowest BCUT2D eigenvalue weighted by molar-refractivity contribution is 0.0750. The number of likely N-dealkylation sites (tertiary alicyclic amines) is 1. The van der Waals surface area contributed by atoms with Crippen molar-refractivity contribution in [1.29, 1.82) is 0 Å². The molecule has 0 aromatic carbocycles. The Kier molecular flexibility index (Phi) is 3.07. The lowest BCUT2D eigenvalue weighted by Gasteiger charge is -2.18. The van der Waals surface area contributed by atoms with E-state index >= 15 is 0 Å². The Bertz CT molecular complexity index is 377. The van der Waals surface area contributed by atoms with Crippen molar-refractivity contribution in [3.63, 3.8) is 0 Å². The lowest BCUT2D eigenvalue weighted by Crippen LogP contribution is -2.32. The van der Waals surface area contributed by atoms with Gasteiger partial charge in [0.25, 0.3) is 5.91 Å². The monoisotopic (exact) mass is 224 g/mol. The molecule has 0 aliphatic carbocycles. The van der Waals surface area contributed by atoms with Crippen LogP contribution in [0, 0.1) is 5.92 Å². The molecule has 6 nitrogen and oxygen atoms in total. The van der Waals surface area contributed by atoms with Gasteiger partial charge in [-0.05, 0) is 35.5 Å². The first-order chi connectivity index (χ1) is 7.68. The summed E-state index contributed by atoms with van der Waals surface area (Å²) in [6.07, 6.45) is 3.21. The molecule has 0 bridgehead atoms. The fourth-order valence-corrected chi connectivity index (χ4v) is 1.96. The zero-order valence-electron chi connectivity index (χ0n) is 9.35. The van der Waals surface area contributed by atoms with Gasteiger partial charge in [0.1, 0.15) is 0 Å². The Balaban J connectivity index is 2.07. The number of carbonyl (C=O) groups excluding carboxylic acids is 1. The van der Waals surface area contributed by atoms with Gasteiger partial charge < -0.3 is 10.6 Å². The van der Waals surface area contributed by atoms with Crippen LogP contribution in [0.5, 0.6) is 0 Å². The van der Waals surface area contributed by atoms with Crippen molar-refractivity contribution in [1.82, 2.24) is 15.2 Å². The van der Waals surface area contributed by atoms with Crippen LogP contribution in [-0.2, 0) is 0 Å². The van der Waals surface area contributed by atoms with Crippen LogP contribution in [0.2, 0.25) is 0 Å². The predicted octanol–water partition coefficient (Wildman–Crippen LogP) is 0.914. The molecule has 1 saturated heterocycles. The predicted molar refractivity (Wildman–Crippen MR) is 57.6 cm³/mol. The largest absolute Gasteiger partial charge is 0.379 e. The molecule has 1 aliphatic heterocycles. The molecule has 0 spiro atoms. The van der Waals surface area contributed by atoms with Gasteiger partial charge in [-0.3, -0.25) is 4.79 Å². The Hall–Kier alpha value is -1.59. The molecule has 1 aromatic heterocycles. The summed E-state index contributed by atoms with van der Waals surface area (Å²) in [6, 6.07) is 0. The Morgan fingerprint density at radius 3 is 2.94 bits per heavy atom. The number of hydrogen-bond acceptors (Lipinski definition) is 5. The third-order valence-corrected chi connectivity index (χ3v) is 3.02. The van der Waals surface area contributed by atoms with Crippen molar-refractivity contribution in [2.45, 2.75) is 26.2 Å². The maximum Gasteiger partial charge on any atom is 0.280 e. The van der Waals surface area contributed by atoms with Gasteiger partial charge in [-0.15, -0.1) is 0 Å². The van der Waals surface area contributed by atoms with E-state index in [0.717, 1.165) is 32.4 Å². The Labute approximate surface area is 93.7 Å². The number of hydrogen-bond donors (Lipinski definition) is 1. The highest BCUT2D eigenvalue weighted by molar-refractivity contribution is 5.96. The number of nitrogens with zero attached hydrogens (tertiary/aromatic N) is 3. The molecule has 6 heteroatoms. The zero-order valence-corrected chi connectivity index (χ0v) is 9.35. The molecule has 1 unspecified atom stereocenters. The minimum Gasteiger partial charge on any atom is -0.379 e. The first-order valence-electron chi connectivity index (χ1n) is 5.56. The molecule has 1 fully saturated rings. The van der Waals surface area contributed by atoms with E-state index in [1.807, 2.05) is 0 Å². The summed E-state index contributed by atoms with van der Waals surface area (Å²) in [5.74, 6) is 0.570. The average Bonchev–Trinajstić information content (AvgIpc) is 2.56. The number of aromatic nitrogens is 2. The maximum absolute atomic E-state index is 12.0. The smallest absolute Gasteiger partial charge is 0.280 e. The molecule has 2 rings (SSSR count). The van der Waals surface area contributed by atoms with Gasteiger partial charge in [-0.1, -0.05) is 6.92 Å².